The molecular formula is C13H18N2O2. The lowest BCUT2D eigenvalue weighted by molar-refractivity contribution is -0.144. The van der Waals surface area contributed by atoms with Gasteiger partial charge in [-0.15, -0.1) is 0 Å². The monoisotopic (exact) mass is 234 g/mol. The fourth-order valence-electron chi connectivity index (χ4n) is 2.70. The first-order chi connectivity index (χ1) is 7.99. The summed E-state index contributed by atoms with van der Waals surface area (Å²) in [6.45, 7) is 4.38. The number of rotatable bonds is 2. The van der Waals surface area contributed by atoms with Gasteiger partial charge in [0.15, 0.2) is 0 Å². The Hall–Kier alpha value is -1.45. The third-order valence-electron chi connectivity index (χ3n) is 3.67. The van der Waals surface area contributed by atoms with Crippen LogP contribution in [0.3, 0.4) is 0 Å². The molecule has 0 amide bonds. The van der Waals surface area contributed by atoms with E-state index in [1.807, 2.05) is 0 Å². The van der Waals surface area contributed by atoms with Gasteiger partial charge in [-0.3, -0.25) is 14.8 Å². The maximum atomic E-state index is 11.3. The van der Waals surface area contributed by atoms with Crippen molar-refractivity contribution in [3.8, 4) is 0 Å². The normalized spacial score (nSPS) is 27.6. The van der Waals surface area contributed by atoms with Crippen LogP contribution in [-0.2, 0) is 4.79 Å². The molecule has 4 heteroatoms. The SMILES string of the molecule is CC1(C)CCC(C(=O)O)C(c2cnccn2)C1. The molecule has 0 spiro atoms. The molecule has 1 saturated carbocycles. The second-order valence-corrected chi connectivity index (χ2v) is 5.59. The van der Waals surface area contributed by atoms with E-state index in [9.17, 15) is 9.90 Å². The number of carboxylic acid groups (broad SMARTS) is 1. The predicted molar refractivity (Wildman–Crippen MR) is 63.5 cm³/mol. The van der Waals surface area contributed by atoms with Gasteiger partial charge in [-0.05, 0) is 24.7 Å². The molecule has 0 saturated heterocycles. The number of hydrogen-bond acceptors (Lipinski definition) is 3. The lowest BCUT2D eigenvalue weighted by atomic mass is 9.66. The molecule has 0 radical (unpaired) electrons. The van der Waals surface area contributed by atoms with Gasteiger partial charge in [0.1, 0.15) is 0 Å². The van der Waals surface area contributed by atoms with Gasteiger partial charge in [0.25, 0.3) is 0 Å². The largest absolute Gasteiger partial charge is 0.481 e. The number of carboxylic acids is 1. The molecule has 17 heavy (non-hydrogen) atoms. The van der Waals surface area contributed by atoms with Crippen LogP contribution in [0, 0.1) is 11.3 Å². The first kappa shape index (κ1) is 12.0. The summed E-state index contributed by atoms with van der Waals surface area (Å²) in [7, 11) is 0. The summed E-state index contributed by atoms with van der Waals surface area (Å²) in [6.07, 6.45) is 7.50. The van der Waals surface area contributed by atoms with Crippen molar-refractivity contribution in [2.45, 2.75) is 39.0 Å². The van der Waals surface area contributed by atoms with Gasteiger partial charge in [-0.2, -0.15) is 0 Å². The Kier molecular flexibility index (Phi) is 3.13. The van der Waals surface area contributed by atoms with Crippen molar-refractivity contribution in [1.29, 1.82) is 0 Å². The minimum Gasteiger partial charge on any atom is -0.481 e. The Morgan fingerprint density at radius 1 is 1.47 bits per heavy atom. The van der Waals surface area contributed by atoms with E-state index >= 15 is 0 Å². The molecular weight excluding hydrogens is 216 g/mol. The topological polar surface area (TPSA) is 63.1 Å². The van der Waals surface area contributed by atoms with Crippen molar-refractivity contribution in [3.63, 3.8) is 0 Å². The van der Waals surface area contributed by atoms with Gasteiger partial charge >= 0.3 is 5.97 Å². The maximum absolute atomic E-state index is 11.3. The molecule has 0 aliphatic heterocycles. The van der Waals surface area contributed by atoms with Crippen LogP contribution in [0.2, 0.25) is 0 Å². The van der Waals surface area contributed by atoms with Crippen molar-refractivity contribution in [1.82, 2.24) is 9.97 Å². The smallest absolute Gasteiger partial charge is 0.307 e. The minimum atomic E-state index is -0.712. The third-order valence-corrected chi connectivity index (χ3v) is 3.67. The number of aromatic nitrogens is 2. The highest BCUT2D eigenvalue weighted by atomic mass is 16.4. The fraction of sp³-hybridized carbons (Fsp3) is 0.615. The summed E-state index contributed by atoms with van der Waals surface area (Å²) in [4.78, 5) is 19.6. The highest BCUT2D eigenvalue weighted by Gasteiger charge is 2.39. The second kappa shape index (κ2) is 4.43. The summed E-state index contributed by atoms with van der Waals surface area (Å²) in [6, 6.07) is 0. The Labute approximate surface area is 101 Å². The van der Waals surface area contributed by atoms with Crippen LogP contribution in [0.15, 0.2) is 18.6 Å². The zero-order valence-electron chi connectivity index (χ0n) is 10.3. The molecule has 1 fully saturated rings. The van der Waals surface area contributed by atoms with E-state index in [-0.39, 0.29) is 17.3 Å². The molecule has 1 aliphatic carbocycles. The van der Waals surface area contributed by atoms with E-state index in [4.69, 9.17) is 0 Å². The van der Waals surface area contributed by atoms with E-state index in [1.54, 1.807) is 18.6 Å². The Morgan fingerprint density at radius 3 is 2.82 bits per heavy atom. The van der Waals surface area contributed by atoms with Crippen LogP contribution in [0.5, 0.6) is 0 Å². The zero-order valence-corrected chi connectivity index (χ0v) is 10.3. The van der Waals surface area contributed by atoms with E-state index in [2.05, 4.69) is 23.8 Å². The van der Waals surface area contributed by atoms with Crippen molar-refractivity contribution in [3.05, 3.63) is 24.3 Å². The third kappa shape index (κ3) is 2.62. The van der Waals surface area contributed by atoms with E-state index in [0.29, 0.717) is 0 Å². The standard InChI is InChI=1S/C13H18N2O2/c1-13(2)4-3-9(12(16)17)10(7-13)11-8-14-5-6-15-11/h5-6,8-10H,3-4,7H2,1-2H3,(H,16,17). The molecule has 0 bridgehead atoms. The summed E-state index contributed by atoms with van der Waals surface area (Å²) in [5.74, 6) is -1.04. The van der Waals surface area contributed by atoms with Crippen molar-refractivity contribution >= 4 is 5.97 Å². The highest BCUT2D eigenvalue weighted by molar-refractivity contribution is 5.71. The van der Waals surface area contributed by atoms with Gasteiger partial charge < -0.3 is 5.11 Å². The van der Waals surface area contributed by atoms with Crippen LogP contribution < -0.4 is 0 Å². The molecule has 2 unspecified atom stereocenters. The Morgan fingerprint density at radius 2 is 2.24 bits per heavy atom. The molecule has 2 rings (SSSR count). The van der Waals surface area contributed by atoms with Crippen molar-refractivity contribution in [2.75, 3.05) is 0 Å². The summed E-state index contributed by atoms with van der Waals surface area (Å²) < 4.78 is 0. The molecule has 0 aromatic carbocycles. The average molecular weight is 234 g/mol. The average Bonchev–Trinajstić information content (AvgIpc) is 2.28. The molecule has 1 aliphatic rings. The van der Waals surface area contributed by atoms with E-state index < -0.39 is 5.97 Å². The second-order valence-electron chi connectivity index (χ2n) is 5.59. The lowest BCUT2D eigenvalue weighted by Gasteiger charge is -2.38. The van der Waals surface area contributed by atoms with Crippen LogP contribution in [0.1, 0.15) is 44.7 Å². The van der Waals surface area contributed by atoms with Crippen molar-refractivity contribution < 1.29 is 9.90 Å². The molecule has 1 N–H and O–H groups in total. The number of carbonyl (C=O) groups is 1. The van der Waals surface area contributed by atoms with Gasteiger partial charge in [-0.1, -0.05) is 13.8 Å². The number of aliphatic carboxylic acids is 1. The van der Waals surface area contributed by atoms with Gasteiger partial charge in [0.2, 0.25) is 0 Å². The van der Waals surface area contributed by atoms with Crippen LogP contribution in [0.4, 0.5) is 0 Å². The molecule has 1 aromatic rings. The van der Waals surface area contributed by atoms with Crippen molar-refractivity contribution in [2.24, 2.45) is 11.3 Å². The van der Waals surface area contributed by atoms with Gasteiger partial charge in [0, 0.05) is 24.5 Å². The Balaban J connectivity index is 2.29. The highest BCUT2D eigenvalue weighted by Crippen LogP contribution is 2.46. The quantitative estimate of drug-likeness (QED) is 0.853. The van der Waals surface area contributed by atoms with Gasteiger partial charge in [0.05, 0.1) is 11.6 Å². The van der Waals surface area contributed by atoms with Crippen LogP contribution in [-0.4, -0.2) is 21.0 Å². The number of nitrogens with zero attached hydrogens (tertiary/aromatic N) is 2. The van der Waals surface area contributed by atoms with Crippen LogP contribution in [0.25, 0.3) is 0 Å². The molecule has 1 aromatic heterocycles. The van der Waals surface area contributed by atoms with Crippen LogP contribution >= 0.6 is 0 Å². The van der Waals surface area contributed by atoms with E-state index in [1.165, 1.54) is 0 Å². The summed E-state index contributed by atoms with van der Waals surface area (Å²) >= 11 is 0. The maximum Gasteiger partial charge on any atom is 0.307 e. The Bertz CT molecular complexity index is 403. The fourth-order valence-corrected chi connectivity index (χ4v) is 2.70. The molecule has 2 atom stereocenters. The molecule has 92 valence electrons. The zero-order chi connectivity index (χ0) is 12.5. The predicted octanol–water partition coefficient (Wildman–Crippen LogP) is 2.47. The number of hydrogen-bond donors (Lipinski definition) is 1. The minimum absolute atomic E-state index is 0.00931. The lowest BCUT2D eigenvalue weighted by Crippen LogP contribution is -2.33. The first-order valence-electron chi connectivity index (χ1n) is 5.98. The first-order valence-corrected chi connectivity index (χ1v) is 5.98. The summed E-state index contributed by atoms with van der Waals surface area (Å²) in [5, 5.41) is 9.29. The molecule has 4 nitrogen and oxygen atoms in total. The van der Waals surface area contributed by atoms with Gasteiger partial charge in [-0.25, -0.2) is 0 Å². The summed E-state index contributed by atoms with van der Waals surface area (Å²) in [5.41, 5.74) is 1.00. The molecule has 1 heterocycles. The van der Waals surface area contributed by atoms with E-state index in [0.717, 1.165) is 25.0 Å².